The number of terminal acetylenes is 1. The molecule has 0 saturated carbocycles. The zero-order valence-corrected chi connectivity index (χ0v) is 7.83. The van der Waals surface area contributed by atoms with Crippen LogP contribution in [0.5, 0.6) is 0 Å². The second kappa shape index (κ2) is 4.88. The third-order valence-electron chi connectivity index (χ3n) is 2.38. The van der Waals surface area contributed by atoms with E-state index in [4.69, 9.17) is 12.2 Å². The van der Waals surface area contributed by atoms with Gasteiger partial charge in [0.1, 0.15) is 0 Å². The molecule has 1 saturated heterocycles. The Morgan fingerprint density at radius 3 is 2.69 bits per heavy atom. The summed E-state index contributed by atoms with van der Waals surface area (Å²) in [5.74, 6) is 2.65. The molecule has 1 heterocycles. The van der Waals surface area contributed by atoms with Gasteiger partial charge in [0.2, 0.25) is 5.91 Å². The Labute approximate surface area is 79.3 Å². The number of piperidine rings is 1. The van der Waals surface area contributed by atoms with Gasteiger partial charge in [-0.15, -0.1) is 12.3 Å². The number of likely N-dealkylation sites (tertiary alicyclic amines) is 1. The first kappa shape index (κ1) is 10.1. The lowest BCUT2D eigenvalue weighted by molar-refractivity contribution is -0.132. The van der Waals surface area contributed by atoms with Crippen molar-refractivity contribution in [3.05, 3.63) is 0 Å². The van der Waals surface area contributed by atoms with Gasteiger partial charge in [0.15, 0.2) is 0 Å². The minimum absolute atomic E-state index is 0.171. The number of carbonyl (C=O) groups excluding carboxylic acids is 1. The van der Waals surface area contributed by atoms with Crippen LogP contribution in [0.2, 0.25) is 0 Å². The number of nitrogens with two attached hydrogens (primary N) is 1. The van der Waals surface area contributed by atoms with Crippen molar-refractivity contribution in [2.45, 2.75) is 31.7 Å². The third kappa shape index (κ3) is 3.08. The van der Waals surface area contributed by atoms with E-state index >= 15 is 0 Å². The Bertz CT molecular complexity index is 211. The van der Waals surface area contributed by atoms with Crippen LogP contribution < -0.4 is 5.73 Å². The number of amides is 1. The quantitative estimate of drug-likeness (QED) is 0.623. The maximum absolute atomic E-state index is 11.5. The Morgan fingerprint density at radius 2 is 2.15 bits per heavy atom. The van der Waals surface area contributed by atoms with Gasteiger partial charge in [-0.1, -0.05) is 0 Å². The summed E-state index contributed by atoms with van der Waals surface area (Å²) >= 11 is 0. The second-order valence-electron chi connectivity index (χ2n) is 3.42. The fourth-order valence-corrected chi connectivity index (χ4v) is 1.49. The van der Waals surface area contributed by atoms with Crippen LogP contribution in [0.1, 0.15) is 25.7 Å². The highest BCUT2D eigenvalue weighted by Gasteiger charge is 2.19. The molecule has 2 N–H and O–H groups in total. The molecule has 0 atom stereocenters. The van der Waals surface area contributed by atoms with Crippen LogP contribution in [0.3, 0.4) is 0 Å². The van der Waals surface area contributed by atoms with Gasteiger partial charge >= 0.3 is 0 Å². The number of nitrogens with zero attached hydrogens (tertiary/aromatic N) is 1. The summed E-state index contributed by atoms with van der Waals surface area (Å²) < 4.78 is 0. The average Bonchev–Trinajstić information content (AvgIpc) is 2.15. The van der Waals surface area contributed by atoms with Crippen LogP contribution in [0.25, 0.3) is 0 Å². The van der Waals surface area contributed by atoms with Crippen molar-refractivity contribution in [1.29, 1.82) is 0 Å². The standard InChI is InChI=1S/C10H16N2O/c1-2-3-4-10(13)12-7-5-9(11)6-8-12/h1,9H,3-8,11H2. The van der Waals surface area contributed by atoms with Crippen molar-refractivity contribution in [2.75, 3.05) is 13.1 Å². The Hall–Kier alpha value is -1.01. The van der Waals surface area contributed by atoms with Gasteiger partial charge in [-0.05, 0) is 12.8 Å². The van der Waals surface area contributed by atoms with Gasteiger partial charge in [-0.3, -0.25) is 4.79 Å². The molecule has 0 bridgehead atoms. The van der Waals surface area contributed by atoms with E-state index < -0.39 is 0 Å². The zero-order valence-electron chi connectivity index (χ0n) is 7.83. The summed E-state index contributed by atoms with van der Waals surface area (Å²) in [6.07, 6.45) is 7.95. The lowest BCUT2D eigenvalue weighted by Gasteiger charge is -2.30. The Morgan fingerprint density at radius 1 is 1.54 bits per heavy atom. The van der Waals surface area contributed by atoms with Crippen LogP contribution in [0.15, 0.2) is 0 Å². The molecule has 72 valence electrons. The van der Waals surface area contributed by atoms with E-state index in [1.807, 2.05) is 4.90 Å². The summed E-state index contributed by atoms with van der Waals surface area (Å²) in [6.45, 7) is 1.59. The zero-order chi connectivity index (χ0) is 9.68. The van der Waals surface area contributed by atoms with E-state index in [0.717, 1.165) is 25.9 Å². The van der Waals surface area contributed by atoms with Crippen LogP contribution in [-0.2, 0) is 4.79 Å². The first-order valence-corrected chi connectivity index (χ1v) is 4.71. The van der Waals surface area contributed by atoms with Gasteiger partial charge in [0, 0.05) is 32.0 Å². The molecule has 3 nitrogen and oxygen atoms in total. The average molecular weight is 180 g/mol. The van der Waals surface area contributed by atoms with E-state index in [-0.39, 0.29) is 11.9 Å². The lowest BCUT2D eigenvalue weighted by atomic mass is 10.1. The van der Waals surface area contributed by atoms with E-state index in [2.05, 4.69) is 5.92 Å². The second-order valence-corrected chi connectivity index (χ2v) is 3.42. The number of carbonyl (C=O) groups is 1. The Kier molecular flexibility index (Phi) is 3.78. The first-order valence-electron chi connectivity index (χ1n) is 4.71. The molecule has 13 heavy (non-hydrogen) atoms. The summed E-state index contributed by atoms with van der Waals surface area (Å²) in [4.78, 5) is 13.3. The third-order valence-corrected chi connectivity index (χ3v) is 2.38. The highest BCUT2D eigenvalue weighted by molar-refractivity contribution is 5.76. The highest BCUT2D eigenvalue weighted by atomic mass is 16.2. The van der Waals surface area contributed by atoms with Crippen molar-refractivity contribution in [3.8, 4) is 12.3 Å². The normalized spacial score (nSPS) is 18.3. The molecule has 0 aromatic rings. The van der Waals surface area contributed by atoms with Crippen LogP contribution in [-0.4, -0.2) is 29.9 Å². The van der Waals surface area contributed by atoms with Gasteiger partial charge in [0.05, 0.1) is 0 Å². The summed E-state index contributed by atoms with van der Waals surface area (Å²) in [6, 6.07) is 0.275. The minimum Gasteiger partial charge on any atom is -0.343 e. The molecule has 0 aromatic heterocycles. The van der Waals surface area contributed by atoms with Gasteiger partial charge in [0.25, 0.3) is 0 Å². The van der Waals surface area contributed by atoms with Crippen LogP contribution >= 0.6 is 0 Å². The van der Waals surface area contributed by atoms with Crippen molar-refractivity contribution in [1.82, 2.24) is 4.90 Å². The lowest BCUT2D eigenvalue weighted by Crippen LogP contribution is -2.42. The Balaban J connectivity index is 2.28. The molecular formula is C10H16N2O. The van der Waals surface area contributed by atoms with Crippen molar-refractivity contribution >= 4 is 5.91 Å². The summed E-state index contributed by atoms with van der Waals surface area (Å²) in [7, 11) is 0. The minimum atomic E-state index is 0.171. The summed E-state index contributed by atoms with van der Waals surface area (Å²) in [5, 5.41) is 0. The van der Waals surface area contributed by atoms with E-state index in [1.165, 1.54) is 0 Å². The van der Waals surface area contributed by atoms with Gasteiger partial charge in [-0.2, -0.15) is 0 Å². The fourth-order valence-electron chi connectivity index (χ4n) is 1.49. The topological polar surface area (TPSA) is 46.3 Å². The van der Waals surface area contributed by atoms with Gasteiger partial charge in [-0.25, -0.2) is 0 Å². The molecule has 1 aliphatic rings. The SMILES string of the molecule is C#CCCC(=O)N1CCC(N)CC1. The van der Waals surface area contributed by atoms with Crippen LogP contribution in [0, 0.1) is 12.3 Å². The molecule has 1 amide bonds. The maximum atomic E-state index is 11.5. The smallest absolute Gasteiger partial charge is 0.223 e. The van der Waals surface area contributed by atoms with E-state index in [0.29, 0.717) is 12.8 Å². The molecule has 0 unspecified atom stereocenters. The maximum Gasteiger partial charge on any atom is 0.223 e. The molecule has 1 rings (SSSR count). The van der Waals surface area contributed by atoms with Crippen molar-refractivity contribution < 1.29 is 4.79 Å². The first-order chi connectivity index (χ1) is 6.24. The molecule has 0 spiro atoms. The highest BCUT2D eigenvalue weighted by Crippen LogP contribution is 2.09. The largest absolute Gasteiger partial charge is 0.343 e. The van der Waals surface area contributed by atoms with Crippen LogP contribution in [0.4, 0.5) is 0 Å². The molecule has 1 aliphatic heterocycles. The number of rotatable bonds is 2. The molecule has 3 heteroatoms. The number of hydrogen-bond donors (Lipinski definition) is 1. The molecule has 1 fully saturated rings. The molecule has 0 radical (unpaired) electrons. The molecule has 0 aromatic carbocycles. The van der Waals surface area contributed by atoms with Crippen molar-refractivity contribution in [2.24, 2.45) is 5.73 Å². The van der Waals surface area contributed by atoms with Crippen molar-refractivity contribution in [3.63, 3.8) is 0 Å². The summed E-state index contributed by atoms with van der Waals surface area (Å²) in [5.41, 5.74) is 5.73. The predicted molar refractivity (Wildman–Crippen MR) is 51.9 cm³/mol. The number of hydrogen-bond acceptors (Lipinski definition) is 2. The van der Waals surface area contributed by atoms with E-state index in [1.54, 1.807) is 0 Å². The van der Waals surface area contributed by atoms with E-state index in [9.17, 15) is 4.79 Å². The fraction of sp³-hybridized carbons (Fsp3) is 0.700. The monoisotopic (exact) mass is 180 g/mol. The van der Waals surface area contributed by atoms with Gasteiger partial charge < -0.3 is 10.6 Å². The molecular weight excluding hydrogens is 164 g/mol. The predicted octanol–water partition coefficient (Wildman–Crippen LogP) is 0.350. The molecule has 0 aliphatic carbocycles.